The summed E-state index contributed by atoms with van der Waals surface area (Å²) in [6, 6.07) is 15.1. The average Bonchev–Trinajstić information content (AvgIpc) is 3.42. The van der Waals surface area contributed by atoms with E-state index < -0.39 is 0 Å². The standard InChI is InChI=1S/C24H23ClN4O2/c1-16-8-2-3-9-17(16)14-27-15-26-22-21(27)23(30)28(18-10-4-5-11-18)24(31)29(22)20-13-7-6-12-19(20)25/h2-3,6-9,12-13,15,18H,4-5,10-11,14H2,1H3. The fourth-order valence-corrected chi connectivity index (χ4v) is 4.80. The minimum absolute atomic E-state index is 0.0973. The molecule has 2 heterocycles. The lowest BCUT2D eigenvalue weighted by Crippen LogP contribution is -2.42. The Balaban J connectivity index is 1.81. The molecule has 5 rings (SSSR count). The van der Waals surface area contributed by atoms with E-state index in [1.54, 1.807) is 18.5 Å². The van der Waals surface area contributed by atoms with Crippen molar-refractivity contribution in [3.05, 3.63) is 91.8 Å². The van der Waals surface area contributed by atoms with Crippen molar-refractivity contribution in [2.75, 3.05) is 0 Å². The molecule has 0 radical (unpaired) electrons. The van der Waals surface area contributed by atoms with Gasteiger partial charge in [0, 0.05) is 12.6 Å². The predicted octanol–water partition coefficient (Wildman–Crippen LogP) is 4.47. The molecule has 4 aromatic rings. The molecule has 31 heavy (non-hydrogen) atoms. The number of fused-ring (bicyclic) bond motifs is 1. The van der Waals surface area contributed by atoms with Crippen molar-refractivity contribution in [3.63, 3.8) is 0 Å². The third-order valence-corrected chi connectivity index (χ3v) is 6.55. The number of imidazole rings is 1. The van der Waals surface area contributed by atoms with Crippen LogP contribution in [0, 0.1) is 6.92 Å². The Bertz CT molecular complexity index is 1390. The number of hydrogen-bond acceptors (Lipinski definition) is 3. The average molecular weight is 435 g/mol. The van der Waals surface area contributed by atoms with Crippen LogP contribution in [0.1, 0.15) is 42.9 Å². The number of nitrogens with zero attached hydrogens (tertiary/aromatic N) is 4. The molecule has 0 aliphatic heterocycles. The SMILES string of the molecule is Cc1ccccc1Cn1cnc2c1c(=O)n(C1CCCC1)c(=O)n2-c1ccccc1Cl. The summed E-state index contributed by atoms with van der Waals surface area (Å²) in [5.41, 5.74) is 2.89. The third-order valence-electron chi connectivity index (χ3n) is 6.23. The van der Waals surface area contributed by atoms with Crippen molar-refractivity contribution >= 4 is 22.8 Å². The van der Waals surface area contributed by atoms with Crippen LogP contribution in [-0.2, 0) is 6.54 Å². The molecule has 1 fully saturated rings. The van der Waals surface area contributed by atoms with Crippen LogP contribution in [-0.4, -0.2) is 18.7 Å². The Morgan fingerprint density at radius 1 is 1.03 bits per heavy atom. The molecule has 0 bridgehead atoms. The summed E-state index contributed by atoms with van der Waals surface area (Å²) >= 11 is 6.46. The normalized spacial score (nSPS) is 14.5. The molecule has 0 unspecified atom stereocenters. The first kappa shape index (κ1) is 19.8. The summed E-state index contributed by atoms with van der Waals surface area (Å²) in [6.45, 7) is 2.55. The first-order valence-electron chi connectivity index (χ1n) is 10.6. The first-order valence-corrected chi connectivity index (χ1v) is 11.0. The van der Waals surface area contributed by atoms with E-state index in [2.05, 4.69) is 4.98 Å². The maximum Gasteiger partial charge on any atom is 0.337 e. The Hall–Kier alpha value is -3.12. The molecular weight excluding hydrogens is 412 g/mol. The molecule has 6 nitrogen and oxygen atoms in total. The molecule has 158 valence electrons. The largest absolute Gasteiger partial charge is 0.337 e. The second-order valence-electron chi connectivity index (χ2n) is 8.15. The molecule has 2 aromatic carbocycles. The van der Waals surface area contributed by atoms with E-state index >= 15 is 0 Å². The molecule has 0 atom stereocenters. The van der Waals surface area contributed by atoms with E-state index in [1.165, 1.54) is 9.13 Å². The summed E-state index contributed by atoms with van der Waals surface area (Å²) in [5.74, 6) is 0. The first-order chi connectivity index (χ1) is 15.1. The lowest BCUT2D eigenvalue weighted by molar-refractivity contribution is 0.474. The zero-order chi connectivity index (χ0) is 21.5. The van der Waals surface area contributed by atoms with Gasteiger partial charge >= 0.3 is 5.69 Å². The van der Waals surface area contributed by atoms with Gasteiger partial charge in [-0.25, -0.2) is 14.3 Å². The zero-order valence-corrected chi connectivity index (χ0v) is 18.0. The quantitative estimate of drug-likeness (QED) is 0.476. The molecule has 0 N–H and O–H groups in total. The summed E-state index contributed by atoms with van der Waals surface area (Å²) < 4.78 is 4.76. The highest BCUT2D eigenvalue weighted by molar-refractivity contribution is 6.32. The van der Waals surface area contributed by atoms with Crippen molar-refractivity contribution in [2.45, 2.75) is 45.2 Å². The van der Waals surface area contributed by atoms with Crippen molar-refractivity contribution < 1.29 is 0 Å². The second kappa shape index (κ2) is 7.85. The number of benzene rings is 2. The number of aryl methyl sites for hydroxylation is 1. The molecular formula is C24H23ClN4O2. The number of rotatable bonds is 4. The summed E-state index contributed by atoms with van der Waals surface area (Å²) in [4.78, 5) is 31.7. The summed E-state index contributed by atoms with van der Waals surface area (Å²) in [6.07, 6.45) is 5.33. The van der Waals surface area contributed by atoms with E-state index in [1.807, 2.05) is 47.9 Å². The van der Waals surface area contributed by atoms with Gasteiger partial charge in [0.15, 0.2) is 11.2 Å². The maximum atomic E-state index is 13.6. The molecule has 0 amide bonds. The van der Waals surface area contributed by atoms with Crippen LogP contribution in [0.5, 0.6) is 0 Å². The van der Waals surface area contributed by atoms with Crippen molar-refractivity contribution in [1.82, 2.24) is 18.7 Å². The summed E-state index contributed by atoms with van der Waals surface area (Å²) in [7, 11) is 0. The molecule has 7 heteroatoms. The summed E-state index contributed by atoms with van der Waals surface area (Å²) in [5, 5.41) is 0.441. The number of hydrogen-bond donors (Lipinski definition) is 0. The van der Waals surface area contributed by atoms with Gasteiger partial charge in [0.05, 0.1) is 17.0 Å². The second-order valence-corrected chi connectivity index (χ2v) is 8.56. The van der Waals surface area contributed by atoms with Crippen LogP contribution in [0.15, 0.2) is 64.4 Å². The highest BCUT2D eigenvalue weighted by Gasteiger charge is 2.26. The number of halogens is 1. The van der Waals surface area contributed by atoms with Crippen molar-refractivity contribution in [3.8, 4) is 5.69 Å². The predicted molar refractivity (Wildman–Crippen MR) is 122 cm³/mol. The van der Waals surface area contributed by atoms with Gasteiger partial charge in [0.25, 0.3) is 5.56 Å². The van der Waals surface area contributed by atoms with Gasteiger partial charge in [-0.05, 0) is 43.0 Å². The van der Waals surface area contributed by atoms with E-state index in [0.717, 1.165) is 36.8 Å². The molecule has 1 aliphatic carbocycles. The van der Waals surface area contributed by atoms with E-state index in [0.29, 0.717) is 28.4 Å². The fourth-order valence-electron chi connectivity index (χ4n) is 4.58. The van der Waals surface area contributed by atoms with E-state index in [9.17, 15) is 9.59 Å². The van der Waals surface area contributed by atoms with Gasteiger partial charge in [-0.1, -0.05) is 60.8 Å². The van der Waals surface area contributed by atoms with Gasteiger partial charge in [-0.2, -0.15) is 0 Å². The van der Waals surface area contributed by atoms with Crippen LogP contribution in [0.4, 0.5) is 0 Å². The maximum absolute atomic E-state index is 13.6. The highest BCUT2D eigenvalue weighted by atomic mass is 35.5. The Labute approximate surface area is 184 Å². The number of aromatic nitrogens is 4. The highest BCUT2D eigenvalue weighted by Crippen LogP contribution is 2.28. The van der Waals surface area contributed by atoms with Crippen molar-refractivity contribution in [2.24, 2.45) is 0 Å². The Kier molecular flexibility index (Phi) is 5.02. The van der Waals surface area contributed by atoms with Crippen LogP contribution < -0.4 is 11.2 Å². The lowest BCUT2D eigenvalue weighted by Gasteiger charge is -2.17. The van der Waals surface area contributed by atoms with Gasteiger partial charge in [0.2, 0.25) is 0 Å². The zero-order valence-electron chi connectivity index (χ0n) is 17.3. The molecule has 0 spiro atoms. The van der Waals surface area contributed by atoms with Crippen LogP contribution >= 0.6 is 11.6 Å². The number of para-hydroxylation sites is 1. The van der Waals surface area contributed by atoms with Crippen LogP contribution in [0.2, 0.25) is 5.02 Å². The minimum atomic E-state index is -0.376. The molecule has 2 aromatic heterocycles. The smallest absolute Gasteiger partial charge is 0.320 e. The molecule has 0 saturated heterocycles. The van der Waals surface area contributed by atoms with E-state index in [-0.39, 0.29) is 17.3 Å². The van der Waals surface area contributed by atoms with Gasteiger partial charge in [-0.15, -0.1) is 0 Å². The van der Waals surface area contributed by atoms with Gasteiger partial charge < -0.3 is 4.57 Å². The van der Waals surface area contributed by atoms with E-state index in [4.69, 9.17) is 11.6 Å². The van der Waals surface area contributed by atoms with Crippen LogP contribution in [0.25, 0.3) is 16.9 Å². The van der Waals surface area contributed by atoms with Gasteiger partial charge in [0.1, 0.15) is 0 Å². The topological polar surface area (TPSA) is 61.8 Å². The fraction of sp³-hybridized carbons (Fsp3) is 0.292. The molecule has 1 saturated carbocycles. The molecule has 1 aliphatic rings. The Morgan fingerprint density at radius 2 is 1.74 bits per heavy atom. The minimum Gasteiger partial charge on any atom is -0.320 e. The van der Waals surface area contributed by atoms with Crippen LogP contribution in [0.3, 0.4) is 0 Å². The monoisotopic (exact) mass is 434 g/mol. The van der Waals surface area contributed by atoms with Gasteiger partial charge in [-0.3, -0.25) is 9.36 Å². The third kappa shape index (κ3) is 3.31. The lowest BCUT2D eigenvalue weighted by atomic mass is 10.1. The Morgan fingerprint density at radius 3 is 2.48 bits per heavy atom. The van der Waals surface area contributed by atoms with Crippen molar-refractivity contribution in [1.29, 1.82) is 0 Å².